The first-order valence-corrected chi connectivity index (χ1v) is 7.78. The normalized spacial score (nSPS) is 15.8. The number of ether oxygens (including phenoxy) is 1. The molecule has 1 aliphatic carbocycles. The van der Waals surface area contributed by atoms with Crippen LogP contribution in [0.5, 0.6) is 0 Å². The molecule has 0 atom stereocenters. The Morgan fingerprint density at radius 1 is 1.18 bits per heavy atom. The molecule has 1 aliphatic rings. The largest absolute Gasteiger partial charge is 0.480 e. The summed E-state index contributed by atoms with van der Waals surface area (Å²) in [5, 5.41) is 11.8. The fourth-order valence-electron chi connectivity index (χ4n) is 2.52. The molecule has 22 heavy (non-hydrogen) atoms. The molecule has 1 amide bonds. The fourth-order valence-corrected chi connectivity index (χ4v) is 2.52. The molecule has 1 aromatic rings. The Morgan fingerprint density at radius 3 is 2.50 bits per heavy atom. The van der Waals surface area contributed by atoms with Gasteiger partial charge >= 0.3 is 5.97 Å². The van der Waals surface area contributed by atoms with Gasteiger partial charge in [-0.3, -0.25) is 4.79 Å². The highest BCUT2D eigenvalue weighted by Gasteiger charge is 2.45. The fraction of sp³-hybridized carbons (Fsp3) is 0.529. The van der Waals surface area contributed by atoms with Crippen LogP contribution in [0, 0.1) is 0 Å². The van der Waals surface area contributed by atoms with E-state index in [9.17, 15) is 9.59 Å². The van der Waals surface area contributed by atoms with Crippen molar-refractivity contribution in [2.45, 2.75) is 44.1 Å². The van der Waals surface area contributed by atoms with Gasteiger partial charge in [-0.05, 0) is 37.7 Å². The summed E-state index contributed by atoms with van der Waals surface area (Å²) < 4.78 is 5.51. The van der Waals surface area contributed by atoms with Gasteiger partial charge in [-0.2, -0.15) is 0 Å². The van der Waals surface area contributed by atoms with Gasteiger partial charge in [-0.1, -0.05) is 30.3 Å². The first-order chi connectivity index (χ1) is 10.6. The van der Waals surface area contributed by atoms with Crippen LogP contribution < -0.4 is 5.32 Å². The summed E-state index contributed by atoms with van der Waals surface area (Å²) in [6.45, 7) is 1.14. The topological polar surface area (TPSA) is 75.6 Å². The van der Waals surface area contributed by atoms with Crippen molar-refractivity contribution < 1.29 is 19.4 Å². The van der Waals surface area contributed by atoms with Crippen molar-refractivity contribution in [1.29, 1.82) is 0 Å². The molecule has 0 spiro atoms. The lowest BCUT2D eigenvalue weighted by molar-refractivity contribution is -0.151. The lowest BCUT2D eigenvalue weighted by Crippen LogP contribution is -2.59. The number of carbonyl (C=O) groups is 2. The van der Waals surface area contributed by atoms with Gasteiger partial charge in [0, 0.05) is 13.0 Å². The molecule has 0 aliphatic heterocycles. The van der Waals surface area contributed by atoms with Crippen LogP contribution in [0.2, 0.25) is 0 Å². The number of carboxylic acids is 1. The predicted octanol–water partition coefficient (Wildman–Crippen LogP) is 2.15. The van der Waals surface area contributed by atoms with Gasteiger partial charge in [0.25, 0.3) is 0 Å². The first-order valence-electron chi connectivity index (χ1n) is 7.78. The Kier molecular flexibility index (Phi) is 5.95. The molecule has 5 nitrogen and oxygen atoms in total. The van der Waals surface area contributed by atoms with Gasteiger partial charge in [0.2, 0.25) is 5.91 Å². The standard InChI is InChI=1S/C17H23NO4/c19-15(18-17(16(20)21)10-5-11-17)8-4-12-22-13-9-14-6-2-1-3-7-14/h1-3,6-7H,4-5,8-13H2,(H,18,19)(H,20,21). The van der Waals surface area contributed by atoms with Crippen molar-refractivity contribution in [1.82, 2.24) is 5.32 Å². The van der Waals surface area contributed by atoms with Crippen LogP contribution in [0.3, 0.4) is 0 Å². The highest BCUT2D eigenvalue weighted by Crippen LogP contribution is 2.32. The lowest BCUT2D eigenvalue weighted by Gasteiger charge is -2.38. The highest BCUT2D eigenvalue weighted by atomic mass is 16.5. The summed E-state index contributed by atoms with van der Waals surface area (Å²) in [6, 6.07) is 10.1. The molecule has 2 N–H and O–H groups in total. The summed E-state index contributed by atoms with van der Waals surface area (Å²) in [4.78, 5) is 22.9. The molecule has 0 radical (unpaired) electrons. The van der Waals surface area contributed by atoms with Crippen LogP contribution in [0.1, 0.15) is 37.7 Å². The number of amides is 1. The van der Waals surface area contributed by atoms with Crippen molar-refractivity contribution >= 4 is 11.9 Å². The number of carbonyl (C=O) groups excluding carboxylic acids is 1. The Bertz CT molecular complexity index is 497. The SMILES string of the molecule is O=C(CCCOCCc1ccccc1)NC1(C(=O)O)CCC1. The number of benzene rings is 1. The number of nitrogens with one attached hydrogen (secondary N) is 1. The molecule has 0 heterocycles. The minimum atomic E-state index is -1.01. The Balaban J connectivity index is 1.55. The van der Waals surface area contributed by atoms with Crippen LogP contribution in [-0.2, 0) is 20.7 Å². The number of hydrogen-bond donors (Lipinski definition) is 2. The maximum absolute atomic E-state index is 11.8. The molecule has 1 saturated carbocycles. The monoisotopic (exact) mass is 305 g/mol. The van der Waals surface area contributed by atoms with E-state index >= 15 is 0 Å². The molecule has 0 saturated heterocycles. The van der Waals surface area contributed by atoms with Crippen molar-refractivity contribution in [2.24, 2.45) is 0 Å². The van der Waals surface area contributed by atoms with E-state index in [1.807, 2.05) is 18.2 Å². The smallest absolute Gasteiger partial charge is 0.329 e. The van der Waals surface area contributed by atoms with E-state index in [0.717, 1.165) is 12.8 Å². The van der Waals surface area contributed by atoms with Gasteiger partial charge in [0.1, 0.15) is 5.54 Å². The van der Waals surface area contributed by atoms with E-state index in [4.69, 9.17) is 9.84 Å². The van der Waals surface area contributed by atoms with Crippen molar-refractivity contribution in [3.63, 3.8) is 0 Å². The summed E-state index contributed by atoms with van der Waals surface area (Å²) in [7, 11) is 0. The second-order valence-electron chi connectivity index (χ2n) is 5.74. The summed E-state index contributed by atoms with van der Waals surface area (Å²) in [5.41, 5.74) is 0.222. The van der Waals surface area contributed by atoms with Crippen LogP contribution >= 0.6 is 0 Å². The van der Waals surface area contributed by atoms with Gasteiger partial charge in [-0.15, -0.1) is 0 Å². The third kappa shape index (κ3) is 4.56. The van der Waals surface area contributed by atoms with Gasteiger partial charge < -0.3 is 15.2 Å². The lowest BCUT2D eigenvalue weighted by atomic mass is 9.76. The minimum Gasteiger partial charge on any atom is -0.480 e. The van der Waals surface area contributed by atoms with E-state index in [0.29, 0.717) is 38.9 Å². The van der Waals surface area contributed by atoms with Gasteiger partial charge in [-0.25, -0.2) is 4.79 Å². The summed E-state index contributed by atoms with van der Waals surface area (Å²) >= 11 is 0. The van der Waals surface area contributed by atoms with Crippen molar-refractivity contribution in [3.05, 3.63) is 35.9 Å². The zero-order valence-electron chi connectivity index (χ0n) is 12.7. The average molecular weight is 305 g/mol. The van der Waals surface area contributed by atoms with E-state index < -0.39 is 11.5 Å². The Hall–Kier alpha value is -1.88. The van der Waals surface area contributed by atoms with Gasteiger partial charge in [0.05, 0.1) is 6.61 Å². The second kappa shape index (κ2) is 7.94. The zero-order chi connectivity index (χ0) is 15.8. The summed E-state index contributed by atoms with van der Waals surface area (Å²) in [5.74, 6) is -1.13. The third-order valence-electron chi connectivity index (χ3n) is 4.07. The first kappa shape index (κ1) is 16.5. The van der Waals surface area contributed by atoms with Crippen molar-refractivity contribution in [3.8, 4) is 0 Å². The molecule has 5 heteroatoms. The zero-order valence-corrected chi connectivity index (χ0v) is 12.7. The quantitative estimate of drug-likeness (QED) is 0.685. The number of rotatable bonds is 9. The molecule has 1 aromatic carbocycles. The molecule has 0 bridgehead atoms. The van der Waals surface area contributed by atoms with Crippen LogP contribution in [0.15, 0.2) is 30.3 Å². The predicted molar refractivity (Wildman–Crippen MR) is 82.6 cm³/mol. The highest BCUT2D eigenvalue weighted by molar-refractivity contribution is 5.87. The van der Waals surface area contributed by atoms with E-state index in [-0.39, 0.29) is 5.91 Å². The molecular weight excluding hydrogens is 282 g/mol. The van der Waals surface area contributed by atoms with E-state index in [1.165, 1.54) is 5.56 Å². The van der Waals surface area contributed by atoms with Crippen molar-refractivity contribution in [2.75, 3.05) is 13.2 Å². The molecule has 1 fully saturated rings. The molecule has 2 rings (SSSR count). The molecule has 0 aromatic heterocycles. The maximum Gasteiger partial charge on any atom is 0.329 e. The van der Waals surface area contributed by atoms with Crippen LogP contribution in [0.25, 0.3) is 0 Å². The molecule has 0 unspecified atom stereocenters. The van der Waals surface area contributed by atoms with E-state index in [2.05, 4.69) is 17.4 Å². The van der Waals surface area contributed by atoms with E-state index in [1.54, 1.807) is 0 Å². The number of aliphatic carboxylic acids is 1. The third-order valence-corrected chi connectivity index (χ3v) is 4.07. The molecule has 120 valence electrons. The molecular formula is C17H23NO4. The number of carboxylic acid groups (broad SMARTS) is 1. The van der Waals surface area contributed by atoms with Gasteiger partial charge in [0.15, 0.2) is 0 Å². The van der Waals surface area contributed by atoms with Crippen LogP contribution in [-0.4, -0.2) is 35.7 Å². The average Bonchev–Trinajstić information content (AvgIpc) is 2.47. The number of hydrogen-bond acceptors (Lipinski definition) is 3. The summed E-state index contributed by atoms with van der Waals surface area (Å²) in [6.07, 6.45) is 3.68. The maximum atomic E-state index is 11.8. The second-order valence-corrected chi connectivity index (χ2v) is 5.74. The minimum absolute atomic E-state index is 0.200. The Morgan fingerprint density at radius 2 is 1.91 bits per heavy atom. The van der Waals surface area contributed by atoms with Crippen LogP contribution in [0.4, 0.5) is 0 Å². The Labute approximate surface area is 130 Å².